The zero-order valence-electron chi connectivity index (χ0n) is 17.4. The predicted molar refractivity (Wildman–Crippen MR) is 114 cm³/mol. The number of amidine groups is 1. The molecule has 3 aliphatic rings. The first-order valence-electron chi connectivity index (χ1n) is 10.8. The van der Waals surface area contributed by atoms with E-state index in [1.165, 1.54) is 23.5 Å². The monoisotopic (exact) mass is 424 g/mol. The van der Waals surface area contributed by atoms with E-state index in [0.717, 1.165) is 19.3 Å². The molecule has 0 radical (unpaired) electrons. The topological polar surface area (TPSA) is 82.8 Å². The van der Waals surface area contributed by atoms with Gasteiger partial charge in [0.05, 0.1) is 24.0 Å². The van der Waals surface area contributed by atoms with E-state index in [1.807, 2.05) is 0 Å². The number of fused-ring (bicyclic) bond motifs is 3. The van der Waals surface area contributed by atoms with Crippen LogP contribution in [0.25, 0.3) is 5.69 Å². The van der Waals surface area contributed by atoms with Gasteiger partial charge in [-0.15, -0.1) is 0 Å². The van der Waals surface area contributed by atoms with Gasteiger partial charge in [-0.2, -0.15) is 5.10 Å². The van der Waals surface area contributed by atoms with E-state index in [0.29, 0.717) is 41.9 Å². The van der Waals surface area contributed by atoms with Crippen molar-refractivity contribution in [3.05, 3.63) is 41.8 Å². The molecule has 1 aliphatic carbocycles. The molecule has 0 saturated heterocycles. The van der Waals surface area contributed by atoms with Crippen LogP contribution >= 0.6 is 0 Å². The molecular formula is C22H25FN6O2. The number of urea groups is 1. The number of carbonyl (C=O) groups is 2. The Balaban J connectivity index is 1.48. The van der Waals surface area contributed by atoms with E-state index in [4.69, 9.17) is 0 Å². The smallest absolute Gasteiger partial charge is 0.331 e. The second-order valence-electron chi connectivity index (χ2n) is 8.43. The number of hydrogen-bond acceptors (Lipinski definition) is 4. The molecular weight excluding hydrogens is 399 g/mol. The van der Waals surface area contributed by atoms with Crippen LogP contribution in [-0.2, 0) is 4.79 Å². The van der Waals surface area contributed by atoms with Crippen molar-refractivity contribution >= 4 is 23.6 Å². The van der Waals surface area contributed by atoms with E-state index in [-0.39, 0.29) is 30.3 Å². The standard InChI is InChI=1S/C22H25FN6O2/c1-14-4-2-3-5-18(14)26-19(30)13-28-21-17(20-24-10-11-27(20)22(28)31)12-25-29(21)16-8-6-15(23)7-9-16/h6-9,12,14,18H,2-5,10-11,13H2,1H3,(H,26,30)/t14-,18-/m1/s1. The van der Waals surface area contributed by atoms with Gasteiger partial charge in [0.1, 0.15) is 18.2 Å². The minimum absolute atomic E-state index is 0.105. The fraction of sp³-hybridized carbons (Fsp3) is 0.455. The molecule has 31 heavy (non-hydrogen) atoms. The highest BCUT2D eigenvalue weighted by Gasteiger charge is 2.41. The molecule has 2 aromatic rings. The van der Waals surface area contributed by atoms with Gasteiger partial charge in [-0.3, -0.25) is 19.6 Å². The van der Waals surface area contributed by atoms with E-state index >= 15 is 0 Å². The summed E-state index contributed by atoms with van der Waals surface area (Å²) in [6.07, 6.45) is 6.00. The maximum absolute atomic E-state index is 13.4. The molecule has 9 heteroatoms. The number of hydrogen-bond donors (Lipinski definition) is 1. The molecule has 2 atom stereocenters. The summed E-state index contributed by atoms with van der Waals surface area (Å²) in [5.41, 5.74) is 1.30. The van der Waals surface area contributed by atoms with Crippen LogP contribution < -0.4 is 10.2 Å². The second kappa shape index (κ2) is 7.79. The lowest BCUT2D eigenvalue weighted by Crippen LogP contribution is -2.54. The molecule has 0 spiro atoms. The number of benzene rings is 1. The van der Waals surface area contributed by atoms with Crippen molar-refractivity contribution in [2.75, 3.05) is 24.5 Å². The Morgan fingerprint density at radius 2 is 2.00 bits per heavy atom. The molecule has 1 aromatic carbocycles. The average Bonchev–Trinajstić information content (AvgIpc) is 3.41. The molecule has 2 aliphatic heterocycles. The molecule has 0 bridgehead atoms. The summed E-state index contributed by atoms with van der Waals surface area (Å²) in [5.74, 6) is 0.938. The van der Waals surface area contributed by atoms with Gasteiger partial charge >= 0.3 is 6.03 Å². The number of aromatic nitrogens is 2. The second-order valence-corrected chi connectivity index (χ2v) is 8.43. The first-order valence-corrected chi connectivity index (χ1v) is 10.8. The van der Waals surface area contributed by atoms with Crippen molar-refractivity contribution in [1.82, 2.24) is 20.0 Å². The fourth-order valence-electron chi connectivity index (χ4n) is 4.70. The lowest BCUT2D eigenvalue weighted by atomic mass is 9.86. The highest BCUT2D eigenvalue weighted by molar-refractivity contribution is 6.20. The fourth-order valence-corrected chi connectivity index (χ4v) is 4.70. The zero-order chi connectivity index (χ0) is 21.5. The van der Waals surface area contributed by atoms with Crippen LogP contribution in [0.5, 0.6) is 0 Å². The van der Waals surface area contributed by atoms with Gasteiger partial charge in [0.15, 0.2) is 5.82 Å². The molecule has 8 nitrogen and oxygen atoms in total. The number of rotatable bonds is 4. The Morgan fingerprint density at radius 3 is 2.77 bits per heavy atom. The largest absolute Gasteiger partial charge is 0.352 e. The van der Waals surface area contributed by atoms with Crippen molar-refractivity contribution < 1.29 is 14.0 Å². The molecule has 1 saturated carbocycles. The normalized spacial score (nSPS) is 22.8. The molecule has 3 heterocycles. The van der Waals surface area contributed by atoms with Gasteiger partial charge in [-0.1, -0.05) is 19.8 Å². The van der Waals surface area contributed by atoms with Crippen LogP contribution in [0.1, 0.15) is 38.2 Å². The third-order valence-corrected chi connectivity index (χ3v) is 6.37. The molecule has 0 unspecified atom stereocenters. The molecule has 1 aromatic heterocycles. The lowest BCUT2D eigenvalue weighted by Gasteiger charge is -2.35. The van der Waals surface area contributed by atoms with Crippen LogP contribution in [0.2, 0.25) is 0 Å². The molecule has 162 valence electrons. The van der Waals surface area contributed by atoms with Crippen LogP contribution in [0.3, 0.4) is 0 Å². The van der Waals surface area contributed by atoms with Crippen molar-refractivity contribution in [3.8, 4) is 5.69 Å². The molecule has 3 amide bonds. The average molecular weight is 424 g/mol. The van der Waals surface area contributed by atoms with E-state index < -0.39 is 0 Å². The van der Waals surface area contributed by atoms with Crippen molar-refractivity contribution in [2.45, 2.75) is 38.6 Å². The van der Waals surface area contributed by atoms with Gasteiger partial charge in [-0.05, 0) is 43.0 Å². The predicted octanol–water partition coefficient (Wildman–Crippen LogP) is 2.71. The van der Waals surface area contributed by atoms with Crippen LogP contribution in [0, 0.1) is 11.7 Å². The SMILES string of the molecule is C[C@@H]1CCCC[C@H]1NC(=O)CN1C(=O)N2CCN=C2c2cnn(-c3ccc(F)cc3)c21. The van der Waals surface area contributed by atoms with Crippen LogP contribution in [0.15, 0.2) is 35.5 Å². The molecule has 1 N–H and O–H groups in total. The Labute approximate surface area is 179 Å². The highest BCUT2D eigenvalue weighted by Crippen LogP contribution is 2.33. The summed E-state index contributed by atoms with van der Waals surface area (Å²) in [7, 11) is 0. The summed E-state index contributed by atoms with van der Waals surface area (Å²) >= 11 is 0. The number of nitrogens with one attached hydrogen (secondary N) is 1. The Bertz CT molecular complexity index is 1050. The number of nitrogens with zero attached hydrogens (tertiary/aromatic N) is 5. The Morgan fingerprint density at radius 1 is 1.23 bits per heavy atom. The summed E-state index contributed by atoms with van der Waals surface area (Å²) in [6.45, 7) is 3.05. The molecule has 5 rings (SSSR count). The maximum atomic E-state index is 13.4. The quantitative estimate of drug-likeness (QED) is 0.819. The number of amides is 3. The number of anilines is 1. The van der Waals surface area contributed by atoms with E-state index in [9.17, 15) is 14.0 Å². The maximum Gasteiger partial charge on any atom is 0.331 e. The summed E-state index contributed by atoms with van der Waals surface area (Å²) in [6, 6.07) is 5.71. The van der Waals surface area contributed by atoms with Gasteiger partial charge in [0.25, 0.3) is 0 Å². The zero-order valence-corrected chi connectivity index (χ0v) is 17.4. The number of halogens is 1. The first kappa shape index (κ1) is 19.7. The third-order valence-electron chi connectivity index (χ3n) is 6.37. The van der Waals surface area contributed by atoms with Gasteiger partial charge in [0.2, 0.25) is 5.91 Å². The first-order chi connectivity index (χ1) is 15.0. The molecule has 1 fully saturated rings. The lowest BCUT2D eigenvalue weighted by molar-refractivity contribution is -0.121. The summed E-state index contributed by atoms with van der Waals surface area (Å²) in [4.78, 5) is 33.8. The number of aliphatic imine (C=N–C) groups is 1. The van der Waals surface area contributed by atoms with Gasteiger partial charge < -0.3 is 5.32 Å². The van der Waals surface area contributed by atoms with Crippen molar-refractivity contribution in [2.24, 2.45) is 10.9 Å². The Kier molecular flexibility index (Phi) is 4.95. The summed E-state index contributed by atoms with van der Waals surface area (Å²) in [5, 5.41) is 7.56. The van der Waals surface area contributed by atoms with Crippen molar-refractivity contribution in [3.63, 3.8) is 0 Å². The van der Waals surface area contributed by atoms with Gasteiger partial charge in [-0.25, -0.2) is 13.9 Å². The van der Waals surface area contributed by atoms with Crippen LogP contribution in [-0.4, -0.2) is 58.1 Å². The van der Waals surface area contributed by atoms with E-state index in [1.54, 1.807) is 27.9 Å². The Hall–Kier alpha value is -3.23. The minimum Gasteiger partial charge on any atom is -0.352 e. The summed E-state index contributed by atoms with van der Waals surface area (Å²) < 4.78 is 15.0. The van der Waals surface area contributed by atoms with Crippen LogP contribution in [0.4, 0.5) is 15.0 Å². The highest BCUT2D eigenvalue weighted by atomic mass is 19.1. The minimum atomic E-state index is -0.356. The third kappa shape index (κ3) is 3.47. The van der Waals surface area contributed by atoms with Gasteiger partial charge in [0, 0.05) is 12.6 Å². The van der Waals surface area contributed by atoms with E-state index in [2.05, 4.69) is 22.3 Å². The number of carbonyl (C=O) groups excluding carboxylic acids is 2. The van der Waals surface area contributed by atoms with Crippen molar-refractivity contribution in [1.29, 1.82) is 0 Å².